The molecule has 1 N–H and O–H groups in total. The Bertz CT molecular complexity index is 1180. The van der Waals surface area contributed by atoms with E-state index in [-0.39, 0.29) is 5.91 Å². The number of nitrogens with one attached hydrogen (secondary N) is 1. The predicted molar refractivity (Wildman–Crippen MR) is 116 cm³/mol. The van der Waals surface area contributed by atoms with Gasteiger partial charge in [0.2, 0.25) is 11.9 Å². The van der Waals surface area contributed by atoms with Crippen molar-refractivity contribution in [2.45, 2.75) is 13.0 Å². The molecule has 0 unspecified atom stereocenters. The number of hydrogen-bond donors (Lipinski definition) is 1. The molecule has 0 fully saturated rings. The molecule has 5 rings (SSSR count). The number of carbonyl (C=O) groups excluding carboxylic acids is 1. The molecule has 1 aliphatic heterocycles. The first-order chi connectivity index (χ1) is 14.8. The minimum atomic E-state index is 0.0602. The summed E-state index contributed by atoms with van der Waals surface area (Å²) in [6.45, 7) is 0.669. The third kappa shape index (κ3) is 3.51. The van der Waals surface area contributed by atoms with Gasteiger partial charge in [0.05, 0.1) is 17.8 Å². The van der Waals surface area contributed by atoms with Crippen molar-refractivity contribution < 1.29 is 4.79 Å². The van der Waals surface area contributed by atoms with Gasteiger partial charge in [-0.25, -0.2) is 9.97 Å². The predicted octanol–water partition coefficient (Wildman–Crippen LogP) is 4.37. The zero-order chi connectivity index (χ0) is 20.3. The van der Waals surface area contributed by atoms with Crippen molar-refractivity contribution in [2.75, 3.05) is 10.2 Å². The molecule has 0 aliphatic carbocycles. The molecule has 0 bridgehead atoms. The van der Waals surface area contributed by atoms with Gasteiger partial charge in [-0.3, -0.25) is 14.7 Å². The molecular weight excluding hydrogens is 374 g/mol. The van der Waals surface area contributed by atoms with Crippen LogP contribution in [0.15, 0.2) is 85.5 Å². The van der Waals surface area contributed by atoms with E-state index in [4.69, 9.17) is 0 Å². The topological polar surface area (TPSA) is 71.0 Å². The fourth-order valence-electron chi connectivity index (χ4n) is 3.60. The summed E-state index contributed by atoms with van der Waals surface area (Å²) in [7, 11) is 0. The quantitative estimate of drug-likeness (QED) is 0.545. The molecule has 4 aromatic rings. The van der Waals surface area contributed by atoms with E-state index in [2.05, 4.69) is 32.4 Å². The van der Waals surface area contributed by atoms with Gasteiger partial charge >= 0.3 is 0 Å². The molecule has 1 amide bonds. The van der Waals surface area contributed by atoms with E-state index in [1.165, 1.54) is 5.56 Å². The molecule has 3 heterocycles. The Labute approximate surface area is 174 Å². The number of carbonyl (C=O) groups is 1. The van der Waals surface area contributed by atoms with Crippen LogP contribution in [-0.2, 0) is 17.8 Å². The van der Waals surface area contributed by atoms with Crippen LogP contribution < -0.4 is 10.2 Å². The van der Waals surface area contributed by atoms with Gasteiger partial charge < -0.3 is 5.32 Å². The smallest absolute Gasteiger partial charge is 0.236 e. The first-order valence-electron chi connectivity index (χ1n) is 9.74. The van der Waals surface area contributed by atoms with Crippen LogP contribution in [0.2, 0.25) is 0 Å². The second-order valence-electron chi connectivity index (χ2n) is 7.09. The van der Waals surface area contributed by atoms with E-state index >= 15 is 0 Å². The van der Waals surface area contributed by atoms with Crippen LogP contribution in [0.25, 0.3) is 11.1 Å². The average molecular weight is 393 g/mol. The summed E-state index contributed by atoms with van der Waals surface area (Å²) in [5, 5.41) is 3.23. The molecule has 2 aromatic heterocycles. The summed E-state index contributed by atoms with van der Waals surface area (Å²) in [5.41, 5.74) is 5.78. The summed E-state index contributed by atoms with van der Waals surface area (Å²) >= 11 is 0. The highest BCUT2D eigenvalue weighted by molar-refractivity contribution is 6.07. The van der Waals surface area contributed by atoms with Gasteiger partial charge in [0, 0.05) is 36.9 Å². The molecule has 0 saturated carbocycles. The standard InChI is InChI=1S/C24H19N5O/c30-23-13-19-7-6-18(12-22(19)29(23)21-8-10-25-11-9-21)20-15-27-24(28-16-20)26-14-17-4-2-1-3-5-17/h1-12,15-16H,13-14H2,(H,26,27,28). The van der Waals surface area contributed by atoms with Crippen molar-refractivity contribution in [1.82, 2.24) is 15.0 Å². The first kappa shape index (κ1) is 18.0. The molecule has 0 spiro atoms. The minimum Gasteiger partial charge on any atom is -0.350 e. The molecule has 6 heteroatoms. The lowest BCUT2D eigenvalue weighted by atomic mass is 10.0. The molecule has 1 aliphatic rings. The van der Waals surface area contributed by atoms with Crippen molar-refractivity contribution in [1.29, 1.82) is 0 Å². The van der Waals surface area contributed by atoms with Crippen LogP contribution in [0, 0.1) is 0 Å². The normalized spacial score (nSPS) is 12.7. The Kier molecular flexibility index (Phi) is 4.65. The van der Waals surface area contributed by atoms with Gasteiger partial charge in [-0.2, -0.15) is 0 Å². The maximum atomic E-state index is 12.6. The fourth-order valence-corrected chi connectivity index (χ4v) is 3.60. The highest BCUT2D eigenvalue weighted by Crippen LogP contribution is 2.37. The maximum absolute atomic E-state index is 12.6. The number of fused-ring (bicyclic) bond motifs is 1. The van der Waals surface area contributed by atoms with Crippen LogP contribution in [0.1, 0.15) is 11.1 Å². The number of pyridine rings is 1. The number of anilines is 3. The monoisotopic (exact) mass is 393 g/mol. The largest absolute Gasteiger partial charge is 0.350 e. The van der Waals surface area contributed by atoms with Gasteiger partial charge in [-0.05, 0) is 34.9 Å². The number of rotatable bonds is 5. The second-order valence-corrected chi connectivity index (χ2v) is 7.09. The molecule has 146 valence electrons. The van der Waals surface area contributed by atoms with E-state index in [9.17, 15) is 4.79 Å². The molecule has 2 aromatic carbocycles. The van der Waals surface area contributed by atoms with E-state index in [1.54, 1.807) is 29.7 Å². The lowest BCUT2D eigenvalue weighted by molar-refractivity contribution is -0.116. The Hall–Kier alpha value is -4.06. The zero-order valence-electron chi connectivity index (χ0n) is 16.2. The molecule has 30 heavy (non-hydrogen) atoms. The van der Waals surface area contributed by atoms with Crippen molar-refractivity contribution >= 4 is 23.2 Å². The van der Waals surface area contributed by atoms with E-state index in [1.807, 2.05) is 48.5 Å². The van der Waals surface area contributed by atoms with Crippen molar-refractivity contribution in [2.24, 2.45) is 0 Å². The van der Waals surface area contributed by atoms with Gasteiger partial charge in [-0.1, -0.05) is 42.5 Å². The Balaban J connectivity index is 1.38. The lowest BCUT2D eigenvalue weighted by Gasteiger charge is -2.18. The lowest BCUT2D eigenvalue weighted by Crippen LogP contribution is -2.20. The van der Waals surface area contributed by atoms with Crippen LogP contribution in [0.3, 0.4) is 0 Å². The van der Waals surface area contributed by atoms with E-state index < -0.39 is 0 Å². The number of hydrogen-bond acceptors (Lipinski definition) is 5. The van der Waals surface area contributed by atoms with Gasteiger partial charge in [-0.15, -0.1) is 0 Å². The number of aromatic nitrogens is 3. The third-order valence-corrected chi connectivity index (χ3v) is 5.12. The Morgan fingerprint density at radius 2 is 1.67 bits per heavy atom. The minimum absolute atomic E-state index is 0.0602. The number of benzene rings is 2. The summed E-state index contributed by atoms with van der Waals surface area (Å²) in [4.78, 5) is 27.3. The molecule has 0 atom stereocenters. The first-order valence-corrected chi connectivity index (χ1v) is 9.74. The van der Waals surface area contributed by atoms with Crippen molar-refractivity contribution in [3.63, 3.8) is 0 Å². The molecule has 0 saturated heterocycles. The Morgan fingerprint density at radius 1 is 0.900 bits per heavy atom. The molecule has 0 radical (unpaired) electrons. The van der Waals surface area contributed by atoms with Crippen molar-refractivity contribution in [3.8, 4) is 11.1 Å². The SMILES string of the molecule is O=C1Cc2ccc(-c3cnc(NCc4ccccc4)nc3)cc2N1c1ccncc1. The van der Waals surface area contributed by atoms with Gasteiger partial charge in [0.15, 0.2) is 0 Å². The fraction of sp³-hybridized carbons (Fsp3) is 0.0833. The third-order valence-electron chi connectivity index (χ3n) is 5.12. The van der Waals surface area contributed by atoms with Gasteiger partial charge in [0.25, 0.3) is 0 Å². The maximum Gasteiger partial charge on any atom is 0.236 e. The molecular formula is C24H19N5O. The van der Waals surface area contributed by atoms with Crippen LogP contribution in [-0.4, -0.2) is 20.9 Å². The highest BCUT2D eigenvalue weighted by Gasteiger charge is 2.28. The summed E-state index contributed by atoms with van der Waals surface area (Å²) < 4.78 is 0. The average Bonchev–Trinajstić information content (AvgIpc) is 3.14. The van der Waals surface area contributed by atoms with Crippen LogP contribution in [0.4, 0.5) is 17.3 Å². The second kappa shape index (κ2) is 7.75. The molecule has 6 nitrogen and oxygen atoms in total. The zero-order valence-corrected chi connectivity index (χ0v) is 16.2. The highest BCUT2D eigenvalue weighted by atomic mass is 16.2. The van der Waals surface area contributed by atoms with Crippen LogP contribution >= 0.6 is 0 Å². The number of nitrogens with zero attached hydrogens (tertiary/aromatic N) is 4. The van der Waals surface area contributed by atoms with Gasteiger partial charge in [0.1, 0.15) is 0 Å². The van der Waals surface area contributed by atoms with Crippen LogP contribution in [0.5, 0.6) is 0 Å². The van der Waals surface area contributed by atoms with E-state index in [0.29, 0.717) is 18.9 Å². The number of amides is 1. The summed E-state index contributed by atoms with van der Waals surface area (Å²) in [6.07, 6.45) is 7.39. The van der Waals surface area contributed by atoms with Crippen molar-refractivity contribution in [3.05, 3.63) is 96.6 Å². The summed E-state index contributed by atoms with van der Waals surface area (Å²) in [5.74, 6) is 0.641. The summed E-state index contributed by atoms with van der Waals surface area (Å²) in [6, 6.07) is 19.9. The Morgan fingerprint density at radius 3 is 2.43 bits per heavy atom. The van der Waals surface area contributed by atoms with E-state index in [0.717, 1.165) is 28.1 Å².